The Hall–Kier alpha value is -0.390. The van der Waals surface area contributed by atoms with Crippen molar-refractivity contribution < 1.29 is 9.90 Å². The van der Waals surface area contributed by atoms with Gasteiger partial charge >= 0.3 is 5.97 Å². The van der Waals surface area contributed by atoms with Crippen molar-refractivity contribution in [2.45, 2.75) is 32.7 Å². The Labute approximate surface area is 108 Å². The monoisotopic (exact) mass is 305 g/mol. The molecular weight excluding hydrogens is 290 g/mol. The van der Waals surface area contributed by atoms with Crippen LogP contribution >= 0.6 is 27.3 Å². The molecular formula is C11H16BrNO2S. The number of aliphatic carboxylic acids is 1. The number of carboxylic acid groups (broad SMARTS) is 1. The molecule has 0 aliphatic carbocycles. The normalized spacial score (nSPS) is 14.8. The van der Waals surface area contributed by atoms with Crippen LogP contribution in [0.5, 0.6) is 0 Å². The third-order valence-electron chi connectivity index (χ3n) is 2.50. The molecule has 1 aromatic heterocycles. The molecule has 0 radical (unpaired) electrons. The highest BCUT2D eigenvalue weighted by Gasteiger charge is 2.17. The topological polar surface area (TPSA) is 63.3 Å². The number of thiophene rings is 1. The van der Waals surface area contributed by atoms with E-state index in [0.717, 1.165) is 9.35 Å². The molecule has 3 N–H and O–H groups in total. The maximum absolute atomic E-state index is 10.6. The minimum absolute atomic E-state index is 0.0723. The van der Waals surface area contributed by atoms with Gasteiger partial charge in [-0.05, 0) is 46.8 Å². The molecule has 2 atom stereocenters. The molecule has 1 heterocycles. The SMILES string of the molecule is Cc1sc(Br)cc1C(N)CC(C)CC(=O)O. The van der Waals surface area contributed by atoms with Gasteiger partial charge in [0.05, 0.1) is 3.79 Å². The quantitative estimate of drug-likeness (QED) is 0.877. The summed E-state index contributed by atoms with van der Waals surface area (Å²) < 4.78 is 1.07. The number of hydrogen-bond acceptors (Lipinski definition) is 3. The standard InChI is InChI=1S/C11H16BrNO2S/c1-6(4-11(14)15)3-9(13)8-5-10(12)16-7(8)2/h5-6,9H,3-4,13H2,1-2H3,(H,14,15). The third-order valence-corrected chi connectivity index (χ3v) is 4.07. The van der Waals surface area contributed by atoms with Crippen LogP contribution in [0.25, 0.3) is 0 Å². The van der Waals surface area contributed by atoms with E-state index in [4.69, 9.17) is 10.8 Å². The number of carbonyl (C=O) groups is 1. The van der Waals surface area contributed by atoms with E-state index < -0.39 is 5.97 Å². The van der Waals surface area contributed by atoms with Crippen LogP contribution in [0.4, 0.5) is 0 Å². The molecule has 0 spiro atoms. The van der Waals surface area contributed by atoms with Crippen LogP contribution in [-0.4, -0.2) is 11.1 Å². The van der Waals surface area contributed by atoms with E-state index in [-0.39, 0.29) is 18.4 Å². The lowest BCUT2D eigenvalue weighted by Gasteiger charge is -2.15. The van der Waals surface area contributed by atoms with Crippen molar-refractivity contribution in [3.05, 3.63) is 20.3 Å². The Bertz CT molecular complexity index is 378. The lowest BCUT2D eigenvalue weighted by Crippen LogP contribution is -2.16. The lowest BCUT2D eigenvalue weighted by molar-refractivity contribution is -0.138. The van der Waals surface area contributed by atoms with Crippen molar-refractivity contribution in [3.63, 3.8) is 0 Å². The highest BCUT2D eigenvalue weighted by Crippen LogP contribution is 2.32. The van der Waals surface area contributed by atoms with Crippen LogP contribution < -0.4 is 5.73 Å². The van der Waals surface area contributed by atoms with Gasteiger partial charge < -0.3 is 10.8 Å². The number of rotatable bonds is 5. The second kappa shape index (κ2) is 5.80. The molecule has 0 fully saturated rings. The van der Waals surface area contributed by atoms with Crippen molar-refractivity contribution in [2.24, 2.45) is 11.7 Å². The van der Waals surface area contributed by atoms with Gasteiger partial charge in [-0.15, -0.1) is 11.3 Å². The van der Waals surface area contributed by atoms with Gasteiger partial charge in [0.15, 0.2) is 0 Å². The van der Waals surface area contributed by atoms with Crippen molar-refractivity contribution in [2.75, 3.05) is 0 Å². The summed E-state index contributed by atoms with van der Waals surface area (Å²) in [6.07, 6.45) is 0.883. The summed E-state index contributed by atoms with van der Waals surface area (Å²) in [4.78, 5) is 11.7. The number of halogens is 1. The van der Waals surface area contributed by atoms with E-state index in [1.165, 1.54) is 4.88 Å². The van der Waals surface area contributed by atoms with Crippen LogP contribution in [0, 0.1) is 12.8 Å². The first-order chi connectivity index (χ1) is 7.40. The van der Waals surface area contributed by atoms with Crippen LogP contribution in [0.15, 0.2) is 9.85 Å². The average Bonchev–Trinajstić information content (AvgIpc) is 2.43. The predicted molar refractivity (Wildman–Crippen MR) is 69.7 cm³/mol. The number of aryl methyl sites for hydroxylation is 1. The molecule has 16 heavy (non-hydrogen) atoms. The minimum Gasteiger partial charge on any atom is -0.481 e. The smallest absolute Gasteiger partial charge is 0.303 e. The van der Waals surface area contributed by atoms with Crippen LogP contribution in [0.2, 0.25) is 0 Å². The summed E-state index contributed by atoms with van der Waals surface area (Å²) in [6, 6.07) is 1.95. The largest absolute Gasteiger partial charge is 0.481 e. The fourth-order valence-corrected chi connectivity index (χ4v) is 3.55. The van der Waals surface area contributed by atoms with E-state index in [1.54, 1.807) is 11.3 Å². The van der Waals surface area contributed by atoms with E-state index >= 15 is 0 Å². The summed E-state index contributed by atoms with van der Waals surface area (Å²) in [5.41, 5.74) is 7.20. The first-order valence-electron chi connectivity index (χ1n) is 5.13. The molecule has 90 valence electrons. The van der Waals surface area contributed by atoms with Gasteiger partial charge in [-0.3, -0.25) is 4.79 Å². The van der Waals surface area contributed by atoms with Gasteiger partial charge in [0.25, 0.3) is 0 Å². The van der Waals surface area contributed by atoms with Gasteiger partial charge in [-0.2, -0.15) is 0 Å². The van der Waals surface area contributed by atoms with Crippen LogP contribution in [0.3, 0.4) is 0 Å². The average molecular weight is 306 g/mol. The van der Waals surface area contributed by atoms with E-state index in [1.807, 2.05) is 19.9 Å². The van der Waals surface area contributed by atoms with Crippen molar-refractivity contribution in [1.29, 1.82) is 0 Å². The Morgan fingerprint density at radius 2 is 2.31 bits per heavy atom. The Morgan fingerprint density at radius 1 is 1.69 bits per heavy atom. The molecule has 1 rings (SSSR count). The summed E-state index contributed by atoms with van der Waals surface area (Å²) in [5, 5.41) is 8.68. The fourth-order valence-electron chi connectivity index (χ4n) is 1.77. The predicted octanol–water partition coefficient (Wildman–Crippen LogP) is 3.32. The molecule has 0 aliphatic heterocycles. The maximum Gasteiger partial charge on any atom is 0.303 e. The second-order valence-electron chi connectivity index (χ2n) is 4.11. The van der Waals surface area contributed by atoms with Gasteiger partial charge in [0.1, 0.15) is 0 Å². The molecule has 0 saturated heterocycles. The highest BCUT2D eigenvalue weighted by atomic mass is 79.9. The third kappa shape index (κ3) is 3.88. The van der Waals surface area contributed by atoms with Crippen molar-refractivity contribution in [1.82, 2.24) is 0 Å². The molecule has 3 nitrogen and oxygen atoms in total. The van der Waals surface area contributed by atoms with E-state index in [0.29, 0.717) is 6.42 Å². The first-order valence-corrected chi connectivity index (χ1v) is 6.74. The Kier molecular flexibility index (Phi) is 4.95. The molecule has 1 aromatic rings. The Morgan fingerprint density at radius 3 is 2.75 bits per heavy atom. The Balaban J connectivity index is 2.61. The fraction of sp³-hybridized carbons (Fsp3) is 0.545. The number of nitrogens with two attached hydrogens (primary N) is 1. The zero-order valence-electron chi connectivity index (χ0n) is 9.37. The lowest BCUT2D eigenvalue weighted by atomic mass is 9.95. The molecule has 0 saturated carbocycles. The summed E-state index contributed by atoms with van der Waals surface area (Å²) in [7, 11) is 0. The first kappa shape index (κ1) is 13.7. The molecule has 0 amide bonds. The van der Waals surface area contributed by atoms with E-state index in [9.17, 15) is 4.79 Å². The van der Waals surface area contributed by atoms with Gasteiger partial charge in [-0.1, -0.05) is 6.92 Å². The minimum atomic E-state index is -0.761. The van der Waals surface area contributed by atoms with Gasteiger partial charge in [0.2, 0.25) is 0 Å². The van der Waals surface area contributed by atoms with Gasteiger partial charge in [-0.25, -0.2) is 0 Å². The molecule has 0 aliphatic rings. The molecule has 2 unspecified atom stereocenters. The van der Waals surface area contributed by atoms with Crippen molar-refractivity contribution >= 4 is 33.2 Å². The van der Waals surface area contributed by atoms with Gasteiger partial charge in [0, 0.05) is 17.3 Å². The second-order valence-corrected chi connectivity index (χ2v) is 6.74. The summed E-state index contributed by atoms with van der Waals surface area (Å²) in [5.74, 6) is -0.659. The number of hydrogen-bond donors (Lipinski definition) is 2. The summed E-state index contributed by atoms with van der Waals surface area (Å²) >= 11 is 5.09. The van der Waals surface area contributed by atoms with Crippen molar-refractivity contribution in [3.8, 4) is 0 Å². The van der Waals surface area contributed by atoms with E-state index in [2.05, 4.69) is 15.9 Å². The zero-order chi connectivity index (χ0) is 12.3. The molecule has 5 heteroatoms. The highest BCUT2D eigenvalue weighted by molar-refractivity contribution is 9.11. The zero-order valence-corrected chi connectivity index (χ0v) is 11.8. The molecule has 0 aromatic carbocycles. The van der Waals surface area contributed by atoms with Crippen LogP contribution in [-0.2, 0) is 4.79 Å². The summed E-state index contributed by atoms with van der Waals surface area (Å²) in [6.45, 7) is 3.96. The van der Waals surface area contributed by atoms with Crippen LogP contribution in [0.1, 0.15) is 36.2 Å². The maximum atomic E-state index is 10.6. The number of carboxylic acids is 1. The molecule has 0 bridgehead atoms.